The first kappa shape index (κ1) is 15.6. The van der Waals surface area contributed by atoms with Crippen LogP contribution in [0.1, 0.15) is 18.9 Å². The molecule has 2 rings (SSSR count). The van der Waals surface area contributed by atoms with Crippen molar-refractivity contribution in [3.8, 4) is 0 Å². The average molecular weight is 293 g/mol. The van der Waals surface area contributed by atoms with Gasteiger partial charge >= 0.3 is 0 Å². The number of likely N-dealkylation sites (tertiary alicyclic amines) is 1. The van der Waals surface area contributed by atoms with E-state index in [9.17, 15) is 24.9 Å². The molecule has 0 aliphatic carbocycles. The van der Waals surface area contributed by atoms with Crippen LogP contribution in [0.2, 0.25) is 0 Å². The zero-order chi connectivity index (χ0) is 15.7. The number of benzene rings is 1. The van der Waals surface area contributed by atoms with E-state index in [4.69, 9.17) is 0 Å². The van der Waals surface area contributed by atoms with Crippen LogP contribution in [0.3, 0.4) is 0 Å². The van der Waals surface area contributed by atoms with Gasteiger partial charge in [0.1, 0.15) is 5.54 Å². The quantitative estimate of drug-likeness (QED) is 0.631. The van der Waals surface area contributed by atoms with Crippen molar-refractivity contribution in [1.82, 2.24) is 4.90 Å². The summed E-state index contributed by atoms with van der Waals surface area (Å²) in [5.41, 5.74) is -2.03. The van der Waals surface area contributed by atoms with E-state index in [1.807, 2.05) is 6.07 Å². The molecule has 1 aromatic carbocycles. The van der Waals surface area contributed by atoms with Crippen LogP contribution in [0.5, 0.6) is 0 Å². The predicted molar refractivity (Wildman–Crippen MR) is 74.3 cm³/mol. The summed E-state index contributed by atoms with van der Waals surface area (Å²) in [5, 5.41) is 28.3. The molecule has 1 aliphatic rings. The summed E-state index contributed by atoms with van der Waals surface area (Å²) in [6.07, 6.45) is -0.0579. The largest absolute Gasteiger partial charge is 0.394 e. The van der Waals surface area contributed by atoms with E-state index in [2.05, 4.69) is 0 Å². The lowest BCUT2D eigenvalue weighted by atomic mass is 9.81. The Bertz CT molecular complexity index is 532. The molecule has 0 radical (unpaired) electrons. The van der Waals surface area contributed by atoms with Gasteiger partial charge in [-0.3, -0.25) is 14.5 Å². The fraction of sp³-hybridized carbons (Fsp3) is 0.467. The minimum atomic E-state index is -1.67. The van der Waals surface area contributed by atoms with Crippen LogP contribution in [0.25, 0.3) is 0 Å². The molecule has 0 spiro atoms. The molecule has 6 heteroatoms. The van der Waals surface area contributed by atoms with Crippen molar-refractivity contribution in [2.24, 2.45) is 0 Å². The molecule has 1 atom stereocenters. The molecule has 1 heterocycles. The SMILES string of the molecule is CC1(c2ccccc2)CC(=O)N(C(CO)(CO)CO)C1=O. The maximum absolute atomic E-state index is 12.7. The molecular weight excluding hydrogens is 274 g/mol. The highest BCUT2D eigenvalue weighted by molar-refractivity contribution is 6.09. The molecule has 2 amide bonds. The molecule has 1 aliphatic heterocycles. The van der Waals surface area contributed by atoms with Gasteiger partial charge in [0, 0.05) is 6.42 Å². The van der Waals surface area contributed by atoms with Crippen LogP contribution in [0.15, 0.2) is 30.3 Å². The maximum Gasteiger partial charge on any atom is 0.240 e. The minimum Gasteiger partial charge on any atom is -0.394 e. The maximum atomic E-state index is 12.7. The Morgan fingerprint density at radius 3 is 2.10 bits per heavy atom. The third-order valence-corrected chi connectivity index (χ3v) is 4.20. The van der Waals surface area contributed by atoms with Crippen molar-refractivity contribution in [3.63, 3.8) is 0 Å². The Morgan fingerprint density at radius 2 is 1.62 bits per heavy atom. The number of hydrogen-bond acceptors (Lipinski definition) is 5. The summed E-state index contributed by atoms with van der Waals surface area (Å²) in [5.74, 6) is -1.03. The second-order valence-corrected chi connectivity index (χ2v) is 5.61. The van der Waals surface area contributed by atoms with Crippen molar-refractivity contribution in [3.05, 3.63) is 35.9 Å². The third kappa shape index (κ3) is 2.25. The van der Waals surface area contributed by atoms with Crippen LogP contribution in [-0.4, -0.2) is 57.4 Å². The first-order valence-corrected chi connectivity index (χ1v) is 6.71. The highest BCUT2D eigenvalue weighted by Crippen LogP contribution is 2.39. The van der Waals surface area contributed by atoms with Gasteiger partial charge in [-0.2, -0.15) is 0 Å². The molecular formula is C15H19NO5. The topological polar surface area (TPSA) is 98.1 Å². The Labute approximate surface area is 122 Å². The van der Waals surface area contributed by atoms with E-state index in [1.165, 1.54) is 0 Å². The molecule has 114 valence electrons. The molecule has 1 unspecified atom stereocenters. The van der Waals surface area contributed by atoms with Crippen LogP contribution >= 0.6 is 0 Å². The molecule has 21 heavy (non-hydrogen) atoms. The fourth-order valence-corrected chi connectivity index (χ4v) is 2.69. The molecule has 1 aromatic rings. The van der Waals surface area contributed by atoms with Crippen LogP contribution in [0, 0.1) is 0 Å². The fourth-order valence-electron chi connectivity index (χ4n) is 2.69. The summed E-state index contributed by atoms with van der Waals surface area (Å²) < 4.78 is 0. The zero-order valence-electron chi connectivity index (χ0n) is 11.8. The van der Waals surface area contributed by atoms with Gasteiger partial charge in [0.25, 0.3) is 0 Å². The van der Waals surface area contributed by atoms with Gasteiger partial charge in [-0.15, -0.1) is 0 Å². The van der Waals surface area contributed by atoms with Crippen molar-refractivity contribution in [1.29, 1.82) is 0 Å². The number of carbonyl (C=O) groups is 2. The van der Waals surface area contributed by atoms with Crippen molar-refractivity contribution < 1.29 is 24.9 Å². The van der Waals surface area contributed by atoms with Crippen LogP contribution in [0.4, 0.5) is 0 Å². The number of imide groups is 1. The average Bonchev–Trinajstić information content (AvgIpc) is 2.75. The van der Waals surface area contributed by atoms with Gasteiger partial charge in [0.05, 0.1) is 25.2 Å². The van der Waals surface area contributed by atoms with Gasteiger partial charge in [-0.05, 0) is 12.5 Å². The summed E-state index contributed by atoms with van der Waals surface area (Å²) >= 11 is 0. The monoisotopic (exact) mass is 293 g/mol. The normalized spacial score (nSPS) is 23.0. The zero-order valence-corrected chi connectivity index (χ0v) is 11.8. The van der Waals surface area contributed by atoms with Gasteiger partial charge in [0.2, 0.25) is 11.8 Å². The van der Waals surface area contributed by atoms with Gasteiger partial charge < -0.3 is 15.3 Å². The van der Waals surface area contributed by atoms with Crippen molar-refractivity contribution >= 4 is 11.8 Å². The molecule has 3 N–H and O–H groups in total. The second-order valence-electron chi connectivity index (χ2n) is 5.61. The lowest BCUT2D eigenvalue weighted by molar-refractivity contribution is -0.154. The lowest BCUT2D eigenvalue weighted by Crippen LogP contribution is -2.60. The lowest BCUT2D eigenvalue weighted by Gasteiger charge is -2.37. The molecule has 0 saturated carbocycles. The van der Waals surface area contributed by atoms with Crippen LogP contribution in [-0.2, 0) is 15.0 Å². The first-order valence-electron chi connectivity index (χ1n) is 6.71. The minimum absolute atomic E-state index is 0.0579. The van der Waals surface area contributed by atoms with E-state index in [0.717, 1.165) is 4.90 Å². The number of amides is 2. The summed E-state index contributed by atoms with van der Waals surface area (Å²) in [7, 11) is 0. The van der Waals surface area contributed by atoms with Crippen LogP contribution < -0.4 is 0 Å². The Morgan fingerprint density at radius 1 is 1.10 bits per heavy atom. The number of aliphatic hydroxyl groups is 3. The van der Waals surface area contributed by atoms with Gasteiger partial charge in [0.15, 0.2) is 0 Å². The Hall–Kier alpha value is -1.76. The molecule has 6 nitrogen and oxygen atoms in total. The highest BCUT2D eigenvalue weighted by Gasteiger charge is 2.56. The number of nitrogens with zero attached hydrogens (tertiary/aromatic N) is 1. The van der Waals surface area contributed by atoms with Gasteiger partial charge in [-0.1, -0.05) is 30.3 Å². The number of rotatable bonds is 5. The van der Waals surface area contributed by atoms with E-state index >= 15 is 0 Å². The van der Waals surface area contributed by atoms with Crippen molar-refractivity contribution in [2.45, 2.75) is 24.3 Å². The van der Waals surface area contributed by atoms with Gasteiger partial charge in [-0.25, -0.2) is 0 Å². The smallest absolute Gasteiger partial charge is 0.240 e. The Kier molecular flexibility index (Phi) is 4.13. The molecule has 1 fully saturated rings. The first-order chi connectivity index (χ1) is 9.95. The number of carbonyl (C=O) groups excluding carboxylic acids is 2. The standard InChI is InChI=1S/C15H19NO5/c1-14(11-5-3-2-4-6-11)7-12(20)16(13(14)21)15(8-17,9-18)10-19/h2-6,17-19H,7-10H2,1H3. The number of hydrogen-bond donors (Lipinski definition) is 3. The van der Waals surface area contributed by atoms with Crippen molar-refractivity contribution in [2.75, 3.05) is 19.8 Å². The van der Waals surface area contributed by atoms with E-state index in [-0.39, 0.29) is 6.42 Å². The molecule has 0 bridgehead atoms. The second kappa shape index (κ2) is 5.55. The van der Waals surface area contributed by atoms with E-state index in [0.29, 0.717) is 5.56 Å². The molecule has 1 saturated heterocycles. The molecule has 0 aromatic heterocycles. The number of aliphatic hydroxyl groups excluding tert-OH is 3. The summed E-state index contributed by atoms with van der Waals surface area (Å²) in [6, 6.07) is 8.88. The Balaban J connectivity index is 2.46. The van der Waals surface area contributed by atoms with E-state index < -0.39 is 42.6 Å². The predicted octanol–water partition coefficient (Wildman–Crippen LogP) is -0.581. The third-order valence-electron chi connectivity index (χ3n) is 4.20. The highest BCUT2D eigenvalue weighted by atomic mass is 16.3. The summed E-state index contributed by atoms with van der Waals surface area (Å²) in [4.78, 5) is 25.8. The summed E-state index contributed by atoms with van der Waals surface area (Å²) in [6.45, 7) is -0.424. The van der Waals surface area contributed by atoms with E-state index in [1.54, 1.807) is 31.2 Å².